The van der Waals surface area contributed by atoms with Gasteiger partial charge >= 0.3 is 0 Å². The summed E-state index contributed by atoms with van der Waals surface area (Å²) in [7, 11) is 6.35. The Balaban J connectivity index is 2.09. The SMILES string of the molecule is CN(C)Cc1ccc(C2(N)CCN(C)CC2)cc1. The Bertz CT molecular complexity index is 375. The second kappa shape index (κ2) is 5.39. The minimum absolute atomic E-state index is 0.122. The second-order valence-corrected chi connectivity index (χ2v) is 5.89. The number of hydrogen-bond donors (Lipinski definition) is 1. The van der Waals surface area contributed by atoms with Crippen molar-refractivity contribution in [3.05, 3.63) is 35.4 Å². The zero-order chi connectivity index (χ0) is 13.2. The van der Waals surface area contributed by atoms with Crippen LogP contribution in [0.25, 0.3) is 0 Å². The van der Waals surface area contributed by atoms with Crippen LogP contribution in [0.1, 0.15) is 24.0 Å². The van der Waals surface area contributed by atoms with Crippen molar-refractivity contribution >= 4 is 0 Å². The van der Waals surface area contributed by atoms with E-state index in [0.717, 1.165) is 32.5 Å². The quantitative estimate of drug-likeness (QED) is 0.881. The smallest absolute Gasteiger partial charge is 0.0434 e. The van der Waals surface area contributed by atoms with E-state index < -0.39 is 0 Å². The highest BCUT2D eigenvalue weighted by Crippen LogP contribution is 2.30. The molecule has 2 rings (SSSR count). The molecule has 1 aromatic carbocycles. The molecule has 1 aliphatic heterocycles. The van der Waals surface area contributed by atoms with E-state index in [1.54, 1.807) is 0 Å². The maximum Gasteiger partial charge on any atom is 0.0434 e. The summed E-state index contributed by atoms with van der Waals surface area (Å²) in [5, 5.41) is 0. The third-order valence-corrected chi connectivity index (χ3v) is 3.91. The molecule has 1 fully saturated rings. The second-order valence-electron chi connectivity index (χ2n) is 5.89. The van der Waals surface area contributed by atoms with Gasteiger partial charge in [-0.3, -0.25) is 0 Å². The maximum absolute atomic E-state index is 6.56. The Kier molecular flexibility index (Phi) is 4.05. The standard InChI is InChI=1S/C15H25N3/c1-17(2)12-13-4-6-14(7-5-13)15(16)8-10-18(3)11-9-15/h4-7H,8-12,16H2,1-3H3. The van der Waals surface area contributed by atoms with Crippen molar-refractivity contribution < 1.29 is 0 Å². The first-order valence-electron chi connectivity index (χ1n) is 6.71. The number of hydrogen-bond acceptors (Lipinski definition) is 3. The predicted molar refractivity (Wildman–Crippen MR) is 76.4 cm³/mol. The van der Waals surface area contributed by atoms with Gasteiger partial charge in [0.05, 0.1) is 0 Å². The number of nitrogens with two attached hydrogens (primary N) is 1. The third kappa shape index (κ3) is 3.10. The molecule has 0 amide bonds. The van der Waals surface area contributed by atoms with E-state index in [9.17, 15) is 0 Å². The van der Waals surface area contributed by atoms with Gasteiger partial charge in [-0.05, 0) is 58.2 Å². The summed E-state index contributed by atoms with van der Waals surface area (Å²) in [4.78, 5) is 4.54. The Morgan fingerprint density at radius 1 is 1.17 bits per heavy atom. The van der Waals surface area contributed by atoms with Crippen LogP contribution in [0.15, 0.2) is 24.3 Å². The fourth-order valence-electron chi connectivity index (χ4n) is 2.61. The lowest BCUT2D eigenvalue weighted by Gasteiger charge is -2.38. The Morgan fingerprint density at radius 3 is 2.22 bits per heavy atom. The lowest BCUT2D eigenvalue weighted by molar-refractivity contribution is 0.191. The highest BCUT2D eigenvalue weighted by atomic mass is 15.1. The molecule has 1 saturated heterocycles. The molecule has 0 unspecified atom stereocenters. The maximum atomic E-state index is 6.56. The van der Waals surface area contributed by atoms with Crippen molar-refractivity contribution in [2.75, 3.05) is 34.2 Å². The molecule has 0 radical (unpaired) electrons. The van der Waals surface area contributed by atoms with Gasteiger partial charge in [0, 0.05) is 12.1 Å². The molecule has 100 valence electrons. The van der Waals surface area contributed by atoms with Crippen molar-refractivity contribution in [2.24, 2.45) is 5.73 Å². The van der Waals surface area contributed by atoms with E-state index in [2.05, 4.69) is 55.2 Å². The average molecular weight is 247 g/mol. The van der Waals surface area contributed by atoms with Gasteiger partial charge in [0.15, 0.2) is 0 Å². The molecule has 3 heteroatoms. The molecule has 0 spiro atoms. The average Bonchev–Trinajstić information content (AvgIpc) is 2.33. The topological polar surface area (TPSA) is 32.5 Å². The van der Waals surface area contributed by atoms with Crippen LogP contribution in [0.2, 0.25) is 0 Å². The summed E-state index contributed by atoms with van der Waals surface area (Å²) in [5.41, 5.74) is 9.07. The lowest BCUT2D eigenvalue weighted by atomic mass is 9.82. The fourth-order valence-corrected chi connectivity index (χ4v) is 2.61. The van der Waals surface area contributed by atoms with Crippen molar-refractivity contribution in [3.63, 3.8) is 0 Å². The van der Waals surface area contributed by atoms with Gasteiger partial charge in [-0.2, -0.15) is 0 Å². The van der Waals surface area contributed by atoms with Crippen LogP contribution in [-0.2, 0) is 12.1 Å². The van der Waals surface area contributed by atoms with Gasteiger partial charge in [0.2, 0.25) is 0 Å². The third-order valence-electron chi connectivity index (χ3n) is 3.91. The van der Waals surface area contributed by atoms with E-state index in [0.29, 0.717) is 0 Å². The molecule has 0 aromatic heterocycles. The number of piperidine rings is 1. The van der Waals surface area contributed by atoms with Gasteiger partial charge in [-0.1, -0.05) is 24.3 Å². The predicted octanol–water partition coefficient (Wildman–Crippen LogP) is 1.63. The molecular formula is C15H25N3. The van der Waals surface area contributed by atoms with Crippen LogP contribution in [0.4, 0.5) is 0 Å². The highest BCUT2D eigenvalue weighted by molar-refractivity contribution is 5.29. The summed E-state index contributed by atoms with van der Waals surface area (Å²) in [6, 6.07) is 8.85. The molecule has 2 N–H and O–H groups in total. The van der Waals surface area contributed by atoms with Crippen LogP contribution in [-0.4, -0.2) is 44.0 Å². The zero-order valence-electron chi connectivity index (χ0n) is 11.8. The molecule has 1 aliphatic rings. The van der Waals surface area contributed by atoms with Crippen molar-refractivity contribution in [1.29, 1.82) is 0 Å². The Morgan fingerprint density at radius 2 is 1.72 bits per heavy atom. The van der Waals surface area contributed by atoms with Crippen LogP contribution in [0.5, 0.6) is 0 Å². The first kappa shape index (κ1) is 13.5. The van der Waals surface area contributed by atoms with Gasteiger partial charge < -0.3 is 15.5 Å². The summed E-state index contributed by atoms with van der Waals surface area (Å²) < 4.78 is 0. The van der Waals surface area contributed by atoms with Crippen molar-refractivity contribution in [1.82, 2.24) is 9.80 Å². The first-order valence-corrected chi connectivity index (χ1v) is 6.71. The summed E-state index contributed by atoms with van der Waals surface area (Å²) >= 11 is 0. The molecule has 0 bridgehead atoms. The minimum Gasteiger partial charge on any atom is -0.321 e. The van der Waals surface area contributed by atoms with Gasteiger partial charge in [-0.25, -0.2) is 0 Å². The molecule has 0 aliphatic carbocycles. The summed E-state index contributed by atoms with van der Waals surface area (Å²) in [6.07, 6.45) is 2.10. The molecule has 1 heterocycles. The molecule has 3 nitrogen and oxygen atoms in total. The van der Waals surface area contributed by atoms with E-state index in [1.165, 1.54) is 11.1 Å². The zero-order valence-corrected chi connectivity index (χ0v) is 11.8. The lowest BCUT2D eigenvalue weighted by Crippen LogP contribution is -2.46. The van der Waals surface area contributed by atoms with E-state index in [-0.39, 0.29) is 5.54 Å². The fraction of sp³-hybridized carbons (Fsp3) is 0.600. The van der Waals surface area contributed by atoms with Crippen LogP contribution in [0.3, 0.4) is 0 Å². The minimum atomic E-state index is -0.122. The number of nitrogens with zero attached hydrogens (tertiary/aromatic N) is 2. The number of rotatable bonds is 3. The summed E-state index contributed by atoms with van der Waals surface area (Å²) in [5.74, 6) is 0. The largest absolute Gasteiger partial charge is 0.321 e. The van der Waals surface area contributed by atoms with Crippen LogP contribution >= 0.6 is 0 Å². The Hall–Kier alpha value is -0.900. The first-order chi connectivity index (χ1) is 8.49. The van der Waals surface area contributed by atoms with E-state index >= 15 is 0 Å². The molecular weight excluding hydrogens is 222 g/mol. The molecule has 18 heavy (non-hydrogen) atoms. The Labute approximate surface area is 111 Å². The van der Waals surface area contributed by atoms with Crippen LogP contribution in [0, 0.1) is 0 Å². The number of likely N-dealkylation sites (tertiary alicyclic amines) is 1. The monoisotopic (exact) mass is 247 g/mol. The van der Waals surface area contributed by atoms with E-state index in [1.807, 2.05) is 0 Å². The highest BCUT2D eigenvalue weighted by Gasteiger charge is 2.30. The molecule has 0 atom stereocenters. The van der Waals surface area contributed by atoms with Crippen molar-refractivity contribution in [2.45, 2.75) is 24.9 Å². The molecule has 0 saturated carbocycles. The molecule has 1 aromatic rings. The number of benzene rings is 1. The van der Waals surface area contributed by atoms with Gasteiger partial charge in [-0.15, -0.1) is 0 Å². The van der Waals surface area contributed by atoms with Crippen LogP contribution < -0.4 is 5.73 Å². The van der Waals surface area contributed by atoms with Gasteiger partial charge in [0.25, 0.3) is 0 Å². The van der Waals surface area contributed by atoms with Gasteiger partial charge in [0.1, 0.15) is 0 Å². The normalized spacial score (nSPS) is 20.3. The summed E-state index contributed by atoms with van der Waals surface area (Å²) in [6.45, 7) is 3.17. The van der Waals surface area contributed by atoms with E-state index in [4.69, 9.17) is 5.73 Å². The van der Waals surface area contributed by atoms with Crippen molar-refractivity contribution in [3.8, 4) is 0 Å².